The van der Waals surface area contributed by atoms with Crippen LogP contribution in [0.15, 0.2) is 11.6 Å². The summed E-state index contributed by atoms with van der Waals surface area (Å²) in [5.41, 5.74) is 1.51. The molecule has 1 heterocycles. The summed E-state index contributed by atoms with van der Waals surface area (Å²) in [5, 5.41) is 1.58. The summed E-state index contributed by atoms with van der Waals surface area (Å²) in [5.74, 6) is 0. The maximum absolute atomic E-state index is 10.1. The molecule has 1 aliphatic rings. The van der Waals surface area contributed by atoms with Gasteiger partial charge < -0.3 is 24.0 Å². The Kier molecular flexibility index (Phi) is 3.45. The highest BCUT2D eigenvalue weighted by atomic mass is 127. The van der Waals surface area contributed by atoms with E-state index in [2.05, 4.69) is 4.99 Å². The van der Waals surface area contributed by atoms with Crippen molar-refractivity contribution in [3.63, 3.8) is 0 Å². The highest BCUT2D eigenvalue weighted by Gasteiger charge is 1.95. The summed E-state index contributed by atoms with van der Waals surface area (Å²) < 4.78 is 10.1. The van der Waals surface area contributed by atoms with Crippen molar-refractivity contribution in [3.8, 4) is 0 Å². The molecular weight excluding hydrogens is 225 g/mol. The Balaban J connectivity index is 0.000000360. The molecule has 0 aromatic heterocycles. The molecule has 0 aromatic rings. The topological polar surface area (TPSA) is 31.0 Å². The lowest BCUT2D eigenvalue weighted by Crippen LogP contribution is -3.00. The smallest absolute Gasteiger partial charge is 0.236 e. The van der Waals surface area contributed by atoms with Gasteiger partial charge in [0.05, 0.1) is 5.41 Å². The van der Waals surface area contributed by atoms with E-state index in [0.717, 1.165) is 0 Å². The fourth-order valence-electron chi connectivity index (χ4n) is 0.252. The molecule has 0 radical (unpaired) electrons. The summed E-state index contributed by atoms with van der Waals surface area (Å²) in [6.45, 7) is 0. The predicted molar refractivity (Wildman–Crippen MR) is 24.3 cm³/mol. The Morgan fingerprint density at radius 3 is 2.43 bits per heavy atom. The minimum Gasteiger partial charge on any atom is -1.00 e. The monoisotopic (exact) mass is 229 g/mol. The van der Waals surface area contributed by atoms with E-state index in [0.29, 0.717) is 0 Å². The molecule has 0 aliphatic carbocycles. The first-order valence-electron chi connectivity index (χ1n) is 1.55. The van der Waals surface area contributed by atoms with E-state index in [9.17, 15) is 4.21 Å². The van der Waals surface area contributed by atoms with Gasteiger partial charge in [-0.2, -0.15) is 0 Å². The van der Waals surface area contributed by atoms with Gasteiger partial charge in [0.1, 0.15) is 10.8 Å². The molecule has 40 valence electrons. The molecule has 1 unspecified atom stereocenters. The Hall–Kier alpha value is 0.290. The molecule has 0 saturated carbocycles. The maximum Gasteiger partial charge on any atom is 0.236 e. The molecule has 0 bridgehead atoms. The van der Waals surface area contributed by atoms with Crippen LogP contribution in [0, 0.1) is 0 Å². The van der Waals surface area contributed by atoms with Crippen LogP contribution in [-0.2, 0) is 10.8 Å². The fourth-order valence-corrected chi connectivity index (χ4v) is 0.756. The molecule has 0 spiro atoms. The van der Waals surface area contributed by atoms with Crippen LogP contribution in [0.5, 0.6) is 0 Å². The van der Waals surface area contributed by atoms with Crippen molar-refractivity contribution in [2.75, 3.05) is 0 Å². The third-order valence-electron chi connectivity index (χ3n) is 0.483. The summed E-state index contributed by atoms with van der Waals surface area (Å²) in [6, 6.07) is 0. The lowest BCUT2D eigenvalue weighted by Gasteiger charge is -1.56. The summed E-state index contributed by atoms with van der Waals surface area (Å²) >= 11 is 0. The summed E-state index contributed by atoms with van der Waals surface area (Å²) in [6.07, 6.45) is 1.65. The highest BCUT2D eigenvalue weighted by Crippen LogP contribution is 1.73. The van der Waals surface area contributed by atoms with Gasteiger partial charge in [-0.1, -0.05) is 0 Å². The second-order valence-electron chi connectivity index (χ2n) is 0.916. The zero-order valence-corrected chi connectivity index (χ0v) is 6.40. The van der Waals surface area contributed by atoms with Gasteiger partial charge in [0.15, 0.2) is 6.20 Å². The van der Waals surface area contributed by atoms with Crippen molar-refractivity contribution in [2.24, 2.45) is 0 Å². The maximum atomic E-state index is 10.1. The number of hydrogen-bond donors (Lipinski definition) is 1. The van der Waals surface area contributed by atoms with Gasteiger partial charge in [-0.3, -0.25) is 0 Å². The molecule has 0 amide bonds. The van der Waals surface area contributed by atoms with E-state index in [1.54, 1.807) is 11.6 Å². The van der Waals surface area contributed by atoms with Crippen molar-refractivity contribution in [1.29, 1.82) is 0 Å². The molecule has 1 atom stereocenters. The van der Waals surface area contributed by atoms with Gasteiger partial charge >= 0.3 is 0 Å². The Morgan fingerprint density at radius 1 is 1.57 bits per heavy atom. The first kappa shape index (κ1) is 7.29. The Morgan fingerprint density at radius 2 is 2.29 bits per heavy atom. The van der Waals surface area contributed by atoms with Crippen LogP contribution in [0.3, 0.4) is 0 Å². The average Bonchev–Trinajstić information content (AvgIpc) is 1.86. The van der Waals surface area contributed by atoms with Crippen molar-refractivity contribution in [3.05, 3.63) is 11.6 Å². The SMILES string of the molecule is O=S1C=C[NH+]=C1.[I-]. The van der Waals surface area contributed by atoms with Crippen LogP contribution in [0.4, 0.5) is 0 Å². The number of nitrogens with one attached hydrogen (secondary N) is 1. The molecule has 4 heteroatoms. The lowest BCUT2D eigenvalue weighted by atomic mass is 11.1. The van der Waals surface area contributed by atoms with Crippen LogP contribution in [0.2, 0.25) is 0 Å². The zero-order valence-electron chi connectivity index (χ0n) is 3.43. The second kappa shape index (κ2) is 3.31. The van der Waals surface area contributed by atoms with Crippen molar-refractivity contribution < 1.29 is 33.2 Å². The van der Waals surface area contributed by atoms with Crippen molar-refractivity contribution in [1.82, 2.24) is 0 Å². The average molecular weight is 229 g/mol. The molecule has 0 saturated heterocycles. The molecule has 1 rings (SSSR count). The molecule has 0 fully saturated rings. The van der Waals surface area contributed by atoms with Gasteiger partial charge in [0.25, 0.3) is 0 Å². The van der Waals surface area contributed by atoms with Crippen LogP contribution in [0.1, 0.15) is 0 Å². The van der Waals surface area contributed by atoms with E-state index in [1.165, 1.54) is 5.55 Å². The van der Waals surface area contributed by atoms with E-state index in [-0.39, 0.29) is 24.0 Å². The second-order valence-corrected chi connectivity index (χ2v) is 2.08. The van der Waals surface area contributed by atoms with E-state index in [1.807, 2.05) is 0 Å². The van der Waals surface area contributed by atoms with E-state index >= 15 is 0 Å². The molecule has 1 aliphatic heterocycles. The van der Waals surface area contributed by atoms with Crippen molar-refractivity contribution in [2.45, 2.75) is 0 Å². The zero-order chi connectivity index (χ0) is 4.41. The van der Waals surface area contributed by atoms with Crippen LogP contribution < -0.4 is 29.0 Å². The van der Waals surface area contributed by atoms with Gasteiger partial charge in [-0.15, -0.1) is 0 Å². The number of halogens is 1. The standard InChI is InChI=1S/C3H3NOS.HI/c5-6-2-1-4-3-6;/h1-3H;1H. The molecule has 0 aromatic carbocycles. The van der Waals surface area contributed by atoms with Crippen LogP contribution in [0.25, 0.3) is 0 Å². The van der Waals surface area contributed by atoms with Crippen LogP contribution in [-0.4, -0.2) is 9.76 Å². The van der Waals surface area contributed by atoms with Gasteiger partial charge in [0.2, 0.25) is 5.55 Å². The predicted octanol–water partition coefficient (Wildman–Crippen LogP) is -4.67. The van der Waals surface area contributed by atoms with E-state index in [4.69, 9.17) is 0 Å². The van der Waals surface area contributed by atoms with Gasteiger partial charge in [-0.05, 0) is 0 Å². The minimum atomic E-state index is -0.840. The van der Waals surface area contributed by atoms with Gasteiger partial charge in [0, 0.05) is 0 Å². The fraction of sp³-hybridized carbons (Fsp3) is 0. The molecule has 7 heavy (non-hydrogen) atoms. The lowest BCUT2D eigenvalue weighted by molar-refractivity contribution is -0.361. The van der Waals surface area contributed by atoms with Crippen molar-refractivity contribution >= 4 is 16.3 Å². The third-order valence-corrected chi connectivity index (χ3v) is 1.26. The van der Waals surface area contributed by atoms with E-state index < -0.39 is 10.8 Å². The third kappa shape index (κ3) is 2.18. The quantitative estimate of drug-likeness (QED) is 0.416. The highest BCUT2D eigenvalue weighted by molar-refractivity contribution is 8.01. The van der Waals surface area contributed by atoms with Gasteiger partial charge in [-0.25, -0.2) is 9.20 Å². The first-order chi connectivity index (χ1) is 2.89. The molecular formula is C3H4INOS. The first-order valence-corrected chi connectivity index (χ1v) is 2.82. The largest absolute Gasteiger partial charge is 1.00 e. The summed E-state index contributed by atoms with van der Waals surface area (Å²) in [4.78, 5) is 2.67. The molecule has 1 N–H and O–H groups in total. The summed E-state index contributed by atoms with van der Waals surface area (Å²) in [7, 11) is -0.840. The van der Waals surface area contributed by atoms with Crippen LogP contribution >= 0.6 is 0 Å². The normalized spacial score (nSPS) is 24.9. The number of rotatable bonds is 0. The molecule has 2 nitrogen and oxygen atoms in total. The Labute approximate surface area is 61.2 Å². The number of hydrogen-bond acceptors (Lipinski definition) is 1. The Bertz CT molecular complexity index is 117. The minimum absolute atomic E-state index is 0.